The highest BCUT2D eigenvalue weighted by Crippen LogP contribution is 2.30. The minimum absolute atomic E-state index is 0.0148. The summed E-state index contributed by atoms with van der Waals surface area (Å²) in [6.07, 6.45) is 0.208. The van der Waals surface area contributed by atoms with Crippen molar-refractivity contribution in [3.05, 3.63) is 28.7 Å². The third-order valence-electron chi connectivity index (χ3n) is 2.60. The number of aliphatic hydroxyl groups excluding tert-OH is 1. The van der Waals surface area contributed by atoms with Gasteiger partial charge in [-0.1, -0.05) is 15.9 Å². The van der Waals surface area contributed by atoms with E-state index in [1.165, 1.54) is 16.7 Å². The van der Waals surface area contributed by atoms with Crippen LogP contribution in [0.1, 0.15) is 6.42 Å². The first kappa shape index (κ1) is 13.6. The monoisotopic (exact) mass is 329 g/mol. The van der Waals surface area contributed by atoms with E-state index in [1.807, 2.05) is 0 Å². The van der Waals surface area contributed by atoms with Crippen molar-refractivity contribution in [3.8, 4) is 0 Å². The fraction of sp³-hybridized carbons (Fsp3) is 0.333. The van der Waals surface area contributed by atoms with Crippen LogP contribution in [0, 0.1) is 0 Å². The number of rotatable bonds is 4. The molecule has 1 aliphatic rings. The van der Waals surface area contributed by atoms with Gasteiger partial charge in [-0.15, -0.1) is 11.8 Å². The van der Waals surface area contributed by atoms with E-state index in [1.54, 1.807) is 24.3 Å². The van der Waals surface area contributed by atoms with Crippen LogP contribution in [0.15, 0.2) is 28.7 Å². The van der Waals surface area contributed by atoms with Crippen LogP contribution in [0.5, 0.6) is 0 Å². The molecule has 4 nitrogen and oxygen atoms in total. The number of halogens is 1. The lowest BCUT2D eigenvalue weighted by Crippen LogP contribution is -2.31. The lowest BCUT2D eigenvalue weighted by molar-refractivity contribution is -0.121. The smallest absolute Gasteiger partial charge is 0.247 e. The summed E-state index contributed by atoms with van der Waals surface area (Å²) in [7, 11) is 0. The fourth-order valence-electron chi connectivity index (χ4n) is 1.79. The Balaban J connectivity index is 2.16. The van der Waals surface area contributed by atoms with Crippen molar-refractivity contribution in [3.63, 3.8) is 0 Å². The second-order valence-electron chi connectivity index (χ2n) is 3.83. The average molecular weight is 330 g/mol. The lowest BCUT2D eigenvalue weighted by Gasteiger charge is -2.14. The highest BCUT2D eigenvalue weighted by Gasteiger charge is 2.39. The quantitative estimate of drug-likeness (QED) is 0.856. The molecule has 1 atom stereocenters. The van der Waals surface area contributed by atoms with Gasteiger partial charge in [0.1, 0.15) is 0 Å². The first-order valence-electron chi connectivity index (χ1n) is 5.48. The van der Waals surface area contributed by atoms with Gasteiger partial charge in [0.25, 0.3) is 0 Å². The summed E-state index contributed by atoms with van der Waals surface area (Å²) >= 11 is 4.64. The molecule has 0 bridgehead atoms. The Morgan fingerprint density at radius 3 is 2.61 bits per heavy atom. The number of imide groups is 1. The number of amides is 2. The Kier molecular flexibility index (Phi) is 4.42. The molecule has 0 unspecified atom stereocenters. The first-order valence-corrected chi connectivity index (χ1v) is 7.32. The Labute approximate surface area is 117 Å². The van der Waals surface area contributed by atoms with Gasteiger partial charge in [-0.2, -0.15) is 0 Å². The molecule has 0 spiro atoms. The molecule has 1 aromatic rings. The summed E-state index contributed by atoms with van der Waals surface area (Å²) in [6, 6.07) is 7.06. The molecule has 0 saturated carbocycles. The standard InChI is InChI=1S/C12H12BrNO3S/c13-8-1-3-9(4-2-8)14-11(16)7-10(12(14)17)18-6-5-15/h1-4,10,15H,5-7H2/t10-/m1/s1. The van der Waals surface area contributed by atoms with E-state index in [2.05, 4.69) is 15.9 Å². The van der Waals surface area contributed by atoms with Crippen LogP contribution in [0.25, 0.3) is 0 Å². The third-order valence-corrected chi connectivity index (χ3v) is 4.32. The third kappa shape index (κ3) is 2.76. The van der Waals surface area contributed by atoms with E-state index in [0.29, 0.717) is 11.4 Å². The van der Waals surface area contributed by atoms with Crippen LogP contribution in [-0.4, -0.2) is 34.5 Å². The summed E-state index contributed by atoms with van der Waals surface area (Å²) in [5, 5.41) is 8.39. The van der Waals surface area contributed by atoms with Crippen LogP contribution in [0.3, 0.4) is 0 Å². The van der Waals surface area contributed by atoms with E-state index in [0.717, 1.165) is 4.47 Å². The Bertz CT molecular complexity index is 463. The Hall–Kier alpha value is -0.850. The zero-order chi connectivity index (χ0) is 13.1. The number of benzene rings is 1. The minimum atomic E-state index is -0.367. The van der Waals surface area contributed by atoms with Crippen LogP contribution in [0.2, 0.25) is 0 Å². The number of carbonyl (C=O) groups is 2. The van der Waals surface area contributed by atoms with E-state index in [4.69, 9.17) is 5.11 Å². The van der Waals surface area contributed by atoms with Crippen LogP contribution in [-0.2, 0) is 9.59 Å². The largest absolute Gasteiger partial charge is 0.396 e. The zero-order valence-corrected chi connectivity index (χ0v) is 11.9. The van der Waals surface area contributed by atoms with E-state index in [9.17, 15) is 9.59 Å². The lowest BCUT2D eigenvalue weighted by atomic mass is 10.3. The molecule has 1 saturated heterocycles. The van der Waals surface area contributed by atoms with Crippen molar-refractivity contribution in [2.45, 2.75) is 11.7 Å². The van der Waals surface area contributed by atoms with E-state index < -0.39 is 0 Å². The molecular formula is C12H12BrNO3S. The van der Waals surface area contributed by atoms with Crippen molar-refractivity contribution >= 4 is 45.2 Å². The van der Waals surface area contributed by atoms with Gasteiger partial charge in [0.15, 0.2) is 0 Å². The van der Waals surface area contributed by atoms with Gasteiger partial charge >= 0.3 is 0 Å². The normalized spacial score (nSPS) is 19.7. The number of anilines is 1. The van der Waals surface area contributed by atoms with Gasteiger partial charge in [0.2, 0.25) is 11.8 Å². The number of hydrogen-bond acceptors (Lipinski definition) is 4. The van der Waals surface area contributed by atoms with Gasteiger partial charge < -0.3 is 5.11 Å². The molecule has 2 rings (SSSR count). The zero-order valence-electron chi connectivity index (χ0n) is 9.51. The van der Waals surface area contributed by atoms with Crippen LogP contribution >= 0.6 is 27.7 Å². The fourth-order valence-corrected chi connectivity index (χ4v) is 2.95. The highest BCUT2D eigenvalue weighted by molar-refractivity contribution is 9.10. The van der Waals surface area contributed by atoms with Crippen molar-refractivity contribution in [2.75, 3.05) is 17.3 Å². The molecule has 1 aliphatic heterocycles. The maximum atomic E-state index is 12.1. The highest BCUT2D eigenvalue weighted by atomic mass is 79.9. The summed E-state index contributed by atoms with van der Waals surface area (Å²) in [4.78, 5) is 25.2. The molecule has 96 valence electrons. The minimum Gasteiger partial charge on any atom is -0.396 e. The summed E-state index contributed by atoms with van der Waals surface area (Å²) in [5.74, 6) is 0.0937. The first-order chi connectivity index (χ1) is 8.63. The number of aliphatic hydroxyl groups is 1. The number of hydrogen-bond donors (Lipinski definition) is 1. The average Bonchev–Trinajstić information content (AvgIpc) is 2.63. The van der Waals surface area contributed by atoms with Crippen LogP contribution < -0.4 is 4.90 Å². The molecule has 18 heavy (non-hydrogen) atoms. The summed E-state index contributed by atoms with van der Waals surface area (Å²) in [6.45, 7) is 0.0148. The van der Waals surface area contributed by atoms with Gasteiger partial charge in [-0.05, 0) is 24.3 Å². The van der Waals surface area contributed by atoms with Gasteiger partial charge in [-0.25, -0.2) is 4.90 Å². The van der Waals surface area contributed by atoms with Gasteiger partial charge in [0, 0.05) is 16.6 Å². The van der Waals surface area contributed by atoms with Gasteiger partial charge in [-0.3, -0.25) is 9.59 Å². The van der Waals surface area contributed by atoms with Crippen molar-refractivity contribution < 1.29 is 14.7 Å². The summed E-state index contributed by atoms with van der Waals surface area (Å²) in [5.41, 5.74) is 0.597. The SMILES string of the molecule is O=C1C[C@@H](SCCO)C(=O)N1c1ccc(Br)cc1. The molecule has 0 radical (unpaired) electrons. The Morgan fingerprint density at radius 1 is 1.33 bits per heavy atom. The molecule has 2 amide bonds. The van der Waals surface area contributed by atoms with E-state index >= 15 is 0 Å². The second kappa shape index (κ2) is 5.86. The molecule has 1 fully saturated rings. The van der Waals surface area contributed by atoms with E-state index in [-0.39, 0.29) is 30.1 Å². The molecule has 0 aromatic heterocycles. The Morgan fingerprint density at radius 2 is 2.00 bits per heavy atom. The molecule has 1 aromatic carbocycles. The van der Waals surface area contributed by atoms with Crippen molar-refractivity contribution in [1.82, 2.24) is 0 Å². The van der Waals surface area contributed by atoms with Crippen molar-refractivity contribution in [1.29, 1.82) is 0 Å². The molecular weight excluding hydrogens is 318 g/mol. The topological polar surface area (TPSA) is 57.6 Å². The maximum Gasteiger partial charge on any atom is 0.247 e. The predicted molar refractivity (Wildman–Crippen MR) is 74.6 cm³/mol. The number of carbonyl (C=O) groups excluding carboxylic acids is 2. The van der Waals surface area contributed by atoms with Gasteiger partial charge in [0.05, 0.1) is 17.5 Å². The summed E-state index contributed by atoms with van der Waals surface area (Å²) < 4.78 is 0.900. The number of nitrogens with zero attached hydrogens (tertiary/aromatic N) is 1. The molecule has 1 N–H and O–H groups in total. The molecule has 1 heterocycles. The van der Waals surface area contributed by atoms with Crippen LogP contribution in [0.4, 0.5) is 5.69 Å². The number of thioether (sulfide) groups is 1. The second-order valence-corrected chi connectivity index (χ2v) is 6.06. The molecule has 6 heteroatoms. The van der Waals surface area contributed by atoms with Crippen molar-refractivity contribution in [2.24, 2.45) is 0 Å². The molecule has 0 aliphatic carbocycles. The maximum absolute atomic E-state index is 12.1. The predicted octanol–water partition coefficient (Wildman–Crippen LogP) is 1.81.